The minimum absolute atomic E-state index is 0.134. The van der Waals surface area contributed by atoms with Crippen LogP contribution in [0.5, 0.6) is 0 Å². The number of hydrogen-bond acceptors (Lipinski definition) is 2. The second kappa shape index (κ2) is 5.99. The molecule has 0 rings (SSSR count). The molecule has 0 unspecified atom stereocenters. The van der Waals surface area contributed by atoms with Crippen molar-refractivity contribution in [2.24, 2.45) is 5.41 Å². The van der Waals surface area contributed by atoms with Crippen molar-refractivity contribution in [1.82, 2.24) is 4.90 Å². The van der Waals surface area contributed by atoms with Crippen molar-refractivity contribution in [1.29, 1.82) is 5.26 Å². The van der Waals surface area contributed by atoms with Gasteiger partial charge in [-0.05, 0) is 46.8 Å². The topological polar surface area (TPSA) is 27.0 Å². The first kappa shape index (κ1) is 12.4. The predicted octanol–water partition coefficient (Wildman–Crippen LogP) is 2.66. The summed E-state index contributed by atoms with van der Waals surface area (Å²) in [6, 6.07) is 2.33. The van der Waals surface area contributed by atoms with Gasteiger partial charge in [-0.25, -0.2) is 0 Å². The van der Waals surface area contributed by atoms with Gasteiger partial charge in [0, 0.05) is 0 Å². The molecule has 76 valence electrons. The van der Waals surface area contributed by atoms with Crippen LogP contribution in [0.2, 0.25) is 0 Å². The largest absolute Gasteiger partial charge is 0.307 e. The molecule has 0 bridgehead atoms. The van der Waals surface area contributed by atoms with E-state index < -0.39 is 0 Å². The van der Waals surface area contributed by atoms with Crippen LogP contribution in [0, 0.1) is 16.7 Å². The molecule has 0 aliphatic heterocycles. The fourth-order valence-corrected chi connectivity index (χ4v) is 1.16. The quantitative estimate of drug-likeness (QED) is 0.590. The molecule has 2 nitrogen and oxygen atoms in total. The van der Waals surface area contributed by atoms with Crippen LogP contribution in [0.15, 0.2) is 0 Å². The van der Waals surface area contributed by atoms with Gasteiger partial charge < -0.3 is 4.90 Å². The van der Waals surface area contributed by atoms with Crippen LogP contribution in [0.1, 0.15) is 40.0 Å². The number of hydrogen-bond donors (Lipinski definition) is 0. The van der Waals surface area contributed by atoms with Gasteiger partial charge in [0.2, 0.25) is 0 Å². The van der Waals surface area contributed by atoms with E-state index in [4.69, 9.17) is 5.26 Å². The van der Waals surface area contributed by atoms with Gasteiger partial charge in [0.15, 0.2) is 0 Å². The van der Waals surface area contributed by atoms with Gasteiger partial charge in [-0.1, -0.05) is 13.3 Å². The van der Waals surface area contributed by atoms with Crippen molar-refractivity contribution in [2.45, 2.75) is 40.0 Å². The summed E-state index contributed by atoms with van der Waals surface area (Å²) >= 11 is 0. The molecule has 0 fully saturated rings. The minimum Gasteiger partial charge on any atom is -0.307 e. The highest BCUT2D eigenvalue weighted by Gasteiger charge is 2.15. The summed E-state index contributed by atoms with van der Waals surface area (Å²) in [6.45, 7) is 8.45. The van der Waals surface area contributed by atoms with Gasteiger partial charge in [-0.15, -0.1) is 0 Å². The molecule has 0 aliphatic rings. The van der Waals surface area contributed by atoms with Gasteiger partial charge in [-0.2, -0.15) is 5.26 Å². The fraction of sp³-hybridized carbons (Fsp3) is 0.909. The number of unbranched alkanes of at least 4 members (excludes halogenated alkanes) is 1. The molecule has 13 heavy (non-hydrogen) atoms. The molecule has 0 saturated carbocycles. The Balaban J connectivity index is 3.42. The van der Waals surface area contributed by atoms with Crippen molar-refractivity contribution in [3.05, 3.63) is 0 Å². The lowest BCUT2D eigenvalue weighted by Crippen LogP contribution is -2.19. The Bertz CT molecular complexity index is 167. The lowest BCUT2D eigenvalue weighted by Gasteiger charge is -2.17. The van der Waals surface area contributed by atoms with E-state index in [1.165, 1.54) is 6.42 Å². The second-order valence-electron chi connectivity index (χ2n) is 4.35. The third-order valence-electron chi connectivity index (χ3n) is 2.43. The molecule has 0 aromatic heterocycles. The van der Waals surface area contributed by atoms with Crippen LogP contribution in [0.3, 0.4) is 0 Å². The first-order valence-corrected chi connectivity index (χ1v) is 5.11. The molecule has 0 spiro atoms. The van der Waals surface area contributed by atoms with E-state index >= 15 is 0 Å². The maximum absolute atomic E-state index is 8.79. The van der Waals surface area contributed by atoms with Gasteiger partial charge in [0.05, 0.1) is 11.5 Å². The lowest BCUT2D eigenvalue weighted by atomic mass is 9.89. The summed E-state index contributed by atoms with van der Waals surface area (Å²) in [5, 5.41) is 8.79. The molecule has 0 amide bonds. The smallest absolute Gasteiger partial charge is 0.0683 e. The molecule has 0 heterocycles. The highest BCUT2D eigenvalue weighted by Crippen LogP contribution is 2.21. The second-order valence-corrected chi connectivity index (χ2v) is 4.35. The Morgan fingerprint density at radius 2 is 1.92 bits per heavy atom. The van der Waals surface area contributed by atoms with Crippen molar-refractivity contribution < 1.29 is 0 Å². The molecular formula is C11H22N2. The summed E-state index contributed by atoms with van der Waals surface area (Å²) in [7, 11) is 2.13. The molecule has 0 N–H and O–H groups in total. The zero-order chi connectivity index (χ0) is 10.3. The lowest BCUT2D eigenvalue weighted by molar-refractivity contribution is 0.328. The van der Waals surface area contributed by atoms with Crippen molar-refractivity contribution in [2.75, 3.05) is 20.1 Å². The zero-order valence-corrected chi connectivity index (χ0v) is 9.43. The number of nitrogens with zero attached hydrogens (tertiary/aromatic N) is 2. The van der Waals surface area contributed by atoms with Crippen molar-refractivity contribution in [3.63, 3.8) is 0 Å². The number of rotatable bonds is 6. The monoisotopic (exact) mass is 182 g/mol. The Morgan fingerprint density at radius 3 is 2.38 bits per heavy atom. The van der Waals surface area contributed by atoms with E-state index in [0.29, 0.717) is 0 Å². The average molecular weight is 182 g/mol. The van der Waals surface area contributed by atoms with Gasteiger partial charge >= 0.3 is 0 Å². The van der Waals surface area contributed by atoms with Crippen molar-refractivity contribution in [3.8, 4) is 6.07 Å². The molecule has 0 atom stereocenters. The van der Waals surface area contributed by atoms with E-state index in [2.05, 4.69) is 24.9 Å². The molecule has 0 aliphatic carbocycles. The maximum Gasteiger partial charge on any atom is 0.0683 e. The third kappa shape index (κ3) is 6.60. The molecule has 0 aromatic rings. The summed E-state index contributed by atoms with van der Waals surface area (Å²) < 4.78 is 0. The molecule has 0 saturated heterocycles. The summed E-state index contributed by atoms with van der Waals surface area (Å²) in [6.07, 6.45) is 3.38. The van der Waals surface area contributed by atoms with Crippen LogP contribution >= 0.6 is 0 Å². The summed E-state index contributed by atoms with van der Waals surface area (Å²) in [4.78, 5) is 2.30. The van der Waals surface area contributed by atoms with Gasteiger partial charge in [0.25, 0.3) is 0 Å². The van der Waals surface area contributed by atoms with Crippen LogP contribution < -0.4 is 0 Å². The van der Waals surface area contributed by atoms with E-state index in [1.54, 1.807) is 0 Å². The fourth-order valence-electron chi connectivity index (χ4n) is 1.16. The Hall–Kier alpha value is -0.550. The normalized spacial score (nSPS) is 11.7. The zero-order valence-electron chi connectivity index (χ0n) is 9.43. The average Bonchev–Trinajstić information content (AvgIpc) is 2.12. The molecular weight excluding hydrogens is 160 g/mol. The third-order valence-corrected chi connectivity index (χ3v) is 2.43. The first-order chi connectivity index (χ1) is 6.02. The van der Waals surface area contributed by atoms with Crippen molar-refractivity contribution >= 4 is 0 Å². The van der Waals surface area contributed by atoms with E-state index in [9.17, 15) is 0 Å². The van der Waals surface area contributed by atoms with Crippen LogP contribution in [-0.2, 0) is 0 Å². The maximum atomic E-state index is 8.79. The summed E-state index contributed by atoms with van der Waals surface area (Å²) in [5.74, 6) is 0. The SMILES string of the molecule is CCN(C)CCCCC(C)(C)C#N. The highest BCUT2D eigenvalue weighted by atomic mass is 15.1. The van der Waals surface area contributed by atoms with Gasteiger partial charge in [-0.3, -0.25) is 0 Å². The molecule has 2 heteroatoms. The predicted molar refractivity (Wildman–Crippen MR) is 56.4 cm³/mol. The molecule has 0 radical (unpaired) electrons. The summed E-state index contributed by atoms with van der Waals surface area (Å²) in [5.41, 5.74) is -0.134. The van der Waals surface area contributed by atoms with E-state index in [-0.39, 0.29) is 5.41 Å². The van der Waals surface area contributed by atoms with E-state index in [1.807, 2.05) is 13.8 Å². The Labute approximate surface area is 82.5 Å². The van der Waals surface area contributed by atoms with Gasteiger partial charge in [0.1, 0.15) is 0 Å². The van der Waals surface area contributed by atoms with Crippen LogP contribution in [0.4, 0.5) is 0 Å². The van der Waals surface area contributed by atoms with Crippen LogP contribution in [-0.4, -0.2) is 25.0 Å². The number of nitriles is 1. The Kier molecular flexibility index (Phi) is 5.73. The highest BCUT2D eigenvalue weighted by molar-refractivity contribution is 4.91. The first-order valence-electron chi connectivity index (χ1n) is 5.11. The van der Waals surface area contributed by atoms with Crippen LogP contribution in [0.25, 0.3) is 0 Å². The molecule has 0 aromatic carbocycles. The minimum atomic E-state index is -0.134. The Morgan fingerprint density at radius 1 is 1.31 bits per heavy atom. The van der Waals surface area contributed by atoms with E-state index in [0.717, 1.165) is 25.9 Å². The standard InChI is InChI=1S/C11H22N2/c1-5-13(4)9-7-6-8-11(2,3)10-12/h5-9H2,1-4H3.